The van der Waals surface area contributed by atoms with Crippen molar-refractivity contribution >= 4 is 23.2 Å². The van der Waals surface area contributed by atoms with Crippen LogP contribution in [0.4, 0.5) is 5.69 Å². The number of piperidine rings is 1. The molecule has 2 rings (SSSR count). The molecule has 1 aliphatic rings. The molecule has 3 N–H and O–H groups in total. The van der Waals surface area contributed by atoms with E-state index in [0.29, 0.717) is 17.8 Å². The third-order valence-corrected chi connectivity index (χ3v) is 4.17. The highest BCUT2D eigenvalue weighted by Crippen LogP contribution is 2.16. The second kappa shape index (κ2) is 7.61. The maximum absolute atomic E-state index is 12.0. The molecule has 1 amide bonds. The molecule has 116 valence electrons. The molecular weight excluding hydrogens is 288 g/mol. The van der Waals surface area contributed by atoms with E-state index >= 15 is 0 Å². The van der Waals surface area contributed by atoms with Gasteiger partial charge in [0.15, 0.2) is 0 Å². The van der Waals surface area contributed by atoms with Crippen molar-refractivity contribution in [3.05, 3.63) is 23.0 Å². The monoisotopic (exact) mass is 310 g/mol. The van der Waals surface area contributed by atoms with Crippen molar-refractivity contribution in [1.29, 1.82) is 0 Å². The molecule has 0 bridgehead atoms. The average molecular weight is 311 g/mol. The number of anilines is 1. The van der Waals surface area contributed by atoms with Crippen LogP contribution in [0.5, 0.6) is 0 Å². The van der Waals surface area contributed by atoms with Gasteiger partial charge < -0.3 is 16.0 Å². The maximum atomic E-state index is 12.0. The van der Waals surface area contributed by atoms with Crippen molar-refractivity contribution in [2.45, 2.75) is 26.2 Å². The molecule has 0 aliphatic carbocycles. The summed E-state index contributed by atoms with van der Waals surface area (Å²) in [5.41, 5.74) is 6.47. The van der Waals surface area contributed by atoms with E-state index < -0.39 is 0 Å². The standard InChI is InChI=1S/C15H23ClN4O/c1-11-3-7-20(8-4-11)6-2-5-18-15(21)12-9-14(16)19-10-13(12)17/h9-11H,2-8,17H2,1H3,(H,18,21). The Labute approximate surface area is 130 Å². The molecule has 0 spiro atoms. The number of nitrogens with two attached hydrogens (primary N) is 1. The molecular formula is C15H23ClN4O. The summed E-state index contributed by atoms with van der Waals surface area (Å²) < 4.78 is 0. The zero-order valence-electron chi connectivity index (χ0n) is 12.4. The Balaban J connectivity index is 1.71. The molecule has 6 heteroatoms. The Bertz CT molecular complexity index is 487. The van der Waals surface area contributed by atoms with Gasteiger partial charge in [-0.1, -0.05) is 18.5 Å². The molecule has 0 aromatic carbocycles. The summed E-state index contributed by atoms with van der Waals surface area (Å²) in [4.78, 5) is 18.3. The number of pyridine rings is 1. The van der Waals surface area contributed by atoms with E-state index in [2.05, 4.69) is 22.1 Å². The minimum Gasteiger partial charge on any atom is -0.397 e. The lowest BCUT2D eigenvalue weighted by molar-refractivity contribution is 0.0951. The number of halogens is 1. The predicted molar refractivity (Wildman–Crippen MR) is 85.4 cm³/mol. The first kappa shape index (κ1) is 16.0. The molecule has 1 aromatic rings. The molecule has 0 unspecified atom stereocenters. The summed E-state index contributed by atoms with van der Waals surface area (Å²) in [6, 6.07) is 1.50. The Kier molecular flexibility index (Phi) is 5.82. The summed E-state index contributed by atoms with van der Waals surface area (Å²) in [7, 11) is 0. The van der Waals surface area contributed by atoms with E-state index in [1.807, 2.05) is 0 Å². The lowest BCUT2D eigenvalue weighted by Gasteiger charge is -2.30. The van der Waals surface area contributed by atoms with E-state index in [-0.39, 0.29) is 11.1 Å². The van der Waals surface area contributed by atoms with E-state index in [1.54, 1.807) is 0 Å². The van der Waals surface area contributed by atoms with Crippen molar-refractivity contribution in [3.8, 4) is 0 Å². The quantitative estimate of drug-likeness (QED) is 0.646. The van der Waals surface area contributed by atoms with Crippen LogP contribution in [0.15, 0.2) is 12.3 Å². The van der Waals surface area contributed by atoms with Gasteiger partial charge in [0.2, 0.25) is 0 Å². The van der Waals surface area contributed by atoms with Gasteiger partial charge in [0.25, 0.3) is 5.91 Å². The van der Waals surface area contributed by atoms with Gasteiger partial charge in [-0.05, 0) is 50.9 Å². The van der Waals surface area contributed by atoms with Crippen molar-refractivity contribution in [3.63, 3.8) is 0 Å². The lowest BCUT2D eigenvalue weighted by Crippen LogP contribution is -2.35. The minimum atomic E-state index is -0.191. The first-order valence-corrected chi connectivity index (χ1v) is 7.85. The normalized spacial score (nSPS) is 16.9. The Hall–Kier alpha value is -1.33. The van der Waals surface area contributed by atoms with Crippen LogP contribution in [0.1, 0.15) is 36.5 Å². The van der Waals surface area contributed by atoms with Crippen LogP contribution < -0.4 is 11.1 Å². The number of aromatic nitrogens is 1. The number of hydrogen-bond donors (Lipinski definition) is 2. The maximum Gasteiger partial charge on any atom is 0.253 e. The summed E-state index contributed by atoms with van der Waals surface area (Å²) >= 11 is 5.78. The Morgan fingerprint density at radius 3 is 2.95 bits per heavy atom. The molecule has 0 saturated carbocycles. The van der Waals surface area contributed by atoms with E-state index in [4.69, 9.17) is 17.3 Å². The molecule has 1 saturated heterocycles. The molecule has 2 heterocycles. The van der Waals surface area contributed by atoms with Gasteiger partial charge in [-0.2, -0.15) is 0 Å². The molecule has 0 radical (unpaired) electrons. The lowest BCUT2D eigenvalue weighted by atomic mass is 9.99. The fourth-order valence-electron chi connectivity index (χ4n) is 2.52. The van der Waals surface area contributed by atoms with Gasteiger partial charge >= 0.3 is 0 Å². The van der Waals surface area contributed by atoms with Crippen LogP contribution in [-0.4, -0.2) is 42.0 Å². The first-order valence-electron chi connectivity index (χ1n) is 7.48. The number of carbonyl (C=O) groups excluding carboxylic acids is 1. The Morgan fingerprint density at radius 1 is 1.52 bits per heavy atom. The number of nitrogens with one attached hydrogen (secondary N) is 1. The molecule has 1 aromatic heterocycles. The second-order valence-electron chi connectivity index (χ2n) is 5.73. The zero-order chi connectivity index (χ0) is 15.2. The van der Waals surface area contributed by atoms with Crippen LogP contribution in [0, 0.1) is 5.92 Å². The number of carbonyl (C=O) groups is 1. The largest absolute Gasteiger partial charge is 0.397 e. The predicted octanol–water partition coefficient (Wildman–Crippen LogP) is 2.17. The van der Waals surface area contributed by atoms with Crippen LogP contribution in [0.2, 0.25) is 5.15 Å². The fraction of sp³-hybridized carbons (Fsp3) is 0.600. The summed E-state index contributed by atoms with van der Waals surface area (Å²) in [5.74, 6) is 0.657. The second-order valence-corrected chi connectivity index (χ2v) is 6.12. The van der Waals surface area contributed by atoms with Crippen LogP contribution in [0.3, 0.4) is 0 Å². The SMILES string of the molecule is CC1CCN(CCCNC(=O)c2cc(Cl)ncc2N)CC1. The van der Waals surface area contributed by atoms with E-state index in [9.17, 15) is 4.79 Å². The van der Waals surface area contributed by atoms with Crippen LogP contribution in [0.25, 0.3) is 0 Å². The number of rotatable bonds is 5. The fourth-order valence-corrected chi connectivity index (χ4v) is 2.68. The Morgan fingerprint density at radius 2 is 2.24 bits per heavy atom. The van der Waals surface area contributed by atoms with Crippen LogP contribution in [-0.2, 0) is 0 Å². The summed E-state index contributed by atoms with van der Waals surface area (Å²) in [5, 5.41) is 3.16. The average Bonchev–Trinajstić information content (AvgIpc) is 2.47. The van der Waals surface area contributed by atoms with Gasteiger partial charge in [0.05, 0.1) is 17.4 Å². The number of nitrogen functional groups attached to an aromatic ring is 1. The van der Waals surface area contributed by atoms with Crippen molar-refractivity contribution in [2.24, 2.45) is 5.92 Å². The van der Waals surface area contributed by atoms with Gasteiger partial charge in [-0.3, -0.25) is 4.79 Å². The summed E-state index contributed by atoms with van der Waals surface area (Å²) in [6.45, 7) is 6.32. The van der Waals surface area contributed by atoms with Crippen LogP contribution >= 0.6 is 11.6 Å². The highest BCUT2D eigenvalue weighted by molar-refractivity contribution is 6.29. The third-order valence-electron chi connectivity index (χ3n) is 3.96. The molecule has 1 aliphatic heterocycles. The molecule has 21 heavy (non-hydrogen) atoms. The van der Waals surface area contributed by atoms with Gasteiger partial charge in [0.1, 0.15) is 5.15 Å². The molecule has 0 atom stereocenters. The highest BCUT2D eigenvalue weighted by Gasteiger charge is 2.15. The van der Waals surface area contributed by atoms with Gasteiger partial charge in [-0.25, -0.2) is 4.98 Å². The number of hydrogen-bond acceptors (Lipinski definition) is 4. The minimum absolute atomic E-state index is 0.191. The van der Waals surface area contributed by atoms with Gasteiger partial charge in [-0.15, -0.1) is 0 Å². The third kappa shape index (κ3) is 4.86. The van der Waals surface area contributed by atoms with Crippen molar-refractivity contribution in [1.82, 2.24) is 15.2 Å². The molecule has 1 fully saturated rings. The van der Waals surface area contributed by atoms with Crippen molar-refractivity contribution in [2.75, 3.05) is 31.9 Å². The summed E-state index contributed by atoms with van der Waals surface area (Å²) in [6.07, 6.45) is 4.90. The number of amides is 1. The smallest absolute Gasteiger partial charge is 0.253 e. The number of nitrogens with zero attached hydrogens (tertiary/aromatic N) is 2. The topological polar surface area (TPSA) is 71.2 Å². The van der Waals surface area contributed by atoms with Gasteiger partial charge in [0, 0.05) is 6.54 Å². The molecule has 5 nitrogen and oxygen atoms in total. The van der Waals surface area contributed by atoms with E-state index in [1.165, 1.54) is 38.2 Å². The van der Waals surface area contributed by atoms with Crippen molar-refractivity contribution < 1.29 is 4.79 Å². The number of likely N-dealkylation sites (tertiary alicyclic amines) is 1. The van der Waals surface area contributed by atoms with E-state index in [0.717, 1.165) is 18.9 Å². The highest BCUT2D eigenvalue weighted by atomic mass is 35.5. The first-order chi connectivity index (χ1) is 10.1. The zero-order valence-corrected chi connectivity index (χ0v) is 13.2.